The molecule has 0 saturated heterocycles. The lowest BCUT2D eigenvalue weighted by Gasteiger charge is -2.23. The molecule has 0 unspecified atom stereocenters. The lowest BCUT2D eigenvalue weighted by Crippen LogP contribution is -2.25. The summed E-state index contributed by atoms with van der Waals surface area (Å²) in [6.07, 6.45) is 11.0. The van der Waals surface area contributed by atoms with Crippen LogP contribution in [0.2, 0.25) is 0 Å². The quantitative estimate of drug-likeness (QED) is 0.703. The van der Waals surface area contributed by atoms with Gasteiger partial charge in [-0.3, -0.25) is 0 Å². The first-order chi connectivity index (χ1) is 7.16. The Bertz CT molecular complexity index is 385. The van der Waals surface area contributed by atoms with Crippen LogP contribution in [0.1, 0.15) is 26.7 Å². The van der Waals surface area contributed by atoms with Gasteiger partial charge in [0.2, 0.25) is 0 Å². The maximum absolute atomic E-state index is 3.58. The van der Waals surface area contributed by atoms with Gasteiger partial charge in [0.1, 0.15) is 0 Å². The molecule has 0 aromatic heterocycles. The molecule has 0 radical (unpaired) electrons. The van der Waals surface area contributed by atoms with Gasteiger partial charge in [0, 0.05) is 11.7 Å². The Hall–Kier alpha value is -0.760. The normalized spacial score (nSPS) is 31.5. The number of halogens is 1. The van der Waals surface area contributed by atoms with E-state index in [1.807, 2.05) is 0 Å². The predicted octanol–water partition coefficient (Wildman–Crippen LogP) is 3.81. The molecule has 0 saturated carbocycles. The van der Waals surface area contributed by atoms with E-state index < -0.39 is 0 Å². The number of hydrogen-bond donors (Lipinski definition) is 1. The lowest BCUT2D eigenvalue weighted by molar-refractivity contribution is 0.719. The molecule has 0 aromatic carbocycles. The van der Waals surface area contributed by atoms with Gasteiger partial charge in [-0.15, -0.1) is 0 Å². The van der Waals surface area contributed by atoms with Crippen LogP contribution in [0.5, 0.6) is 0 Å². The number of rotatable bonds is 0. The van der Waals surface area contributed by atoms with Gasteiger partial charge in [0.25, 0.3) is 0 Å². The maximum atomic E-state index is 3.58. The summed E-state index contributed by atoms with van der Waals surface area (Å²) in [7, 11) is 0. The second-order valence-corrected chi connectivity index (χ2v) is 5.17. The van der Waals surface area contributed by atoms with Crippen LogP contribution in [0, 0.1) is 0 Å². The monoisotopic (exact) mass is 265 g/mol. The molecule has 1 aliphatic heterocycles. The molecular weight excluding hydrogens is 250 g/mol. The molecule has 1 N–H and O–H groups in total. The van der Waals surface area contributed by atoms with E-state index in [4.69, 9.17) is 0 Å². The molecule has 1 atom stereocenters. The Morgan fingerprint density at radius 2 is 2.20 bits per heavy atom. The van der Waals surface area contributed by atoms with Crippen LogP contribution in [0.15, 0.2) is 45.6 Å². The van der Waals surface area contributed by atoms with E-state index in [1.165, 1.54) is 21.3 Å². The highest BCUT2D eigenvalue weighted by molar-refractivity contribution is 9.11. The number of hydrogen-bond acceptors (Lipinski definition) is 1. The van der Waals surface area contributed by atoms with E-state index in [0.717, 1.165) is 12.8 Å². The summed E-state index contributed by atoms with van der Waals surface area (Å²) in [6.45, 7) is 4.36. The van der Waals surface area contributed by atoms with Crippen molar-refractivity contribution in [3.63, 3.8) is 0 Å². The van der Waals surface area contributed by atoms with Gasteiger partial charge in [0.05, 0.1) is 0 Å². The van der Waals surface area contributed by atoms with Gasteiger partial charge in [0.15, 0.2) is 0 Å². The zero-order valence-electron chi connectivity index (χ0n) is 9.18. The van der Waals surface area contributed by atoms with Crippen molar-refractivity contribution in [2.75, 3.05) is 0 Å². The van der Waals surface area contributed by atoms with E-state index in [0.29, 0.717) is 6.04 Å². The smallest absolute Gasteiger partial charge is 0.0419 e. The van der Waals surface area contributed by atoms with E-state index in [9.17, 15) is 0 Å². The van der Waals surface area contributed by atoms with Gasteiger partial charge in [-0.1, -0.05) is 34.2 Å². The molecule has 2 aliphatic rings. The summed E-state index contributed by atoms with van der Waals surface area (Å²) in [4.78, 5) is 0. The molecule has 0 bridgehead atoms. The number of nitrogens with one attached hydrogen (secondary N) is 1. The van der Waals surface area contributed by atoms with Crippen LogP contribution in [-0.4, -0.2) is 6.04 Å². The molecule has 15 heavy (non-hydrogen) atoms. The van der Waals surface area contributed by atoms with Crippen molar-refractivity contribution in [2.45, 2.75) is 32.7 Å². The molecule has 0 fully saturated rings. The topological polar surface area (TPSA) is 12.0 Å². The molecule has 0 amide bonds. The average molecular weight is 266 g/mol. The first-order valence-electron chi connectivity index (χ1n) is 5.38. The largest absolute Gasteiger partial charge is 0.379 e. The Labute approximate surface area is 99.8 Å². The van der Waals surface area contributed by atoms with Crippen LogP contribution >= 0.6 is 15.9 Å². The third-order valence-corrected chi connectivity index (χ3v) is 3.47. The highest BCUT2D eigenvalue weighted by atomic mass is 79.9. The molecule has 80 valence electrons. The Balaban J connectivity index is 2.42. The summed E-state index contributed by atoms with van der Waals surface area (Å²) in [6, 6.07) is 0.397. The first kappa shape index (κ1) is 10.7. The molecular formula is C13H16BrN. The minimum Gasteiger partial charge on any atom is -0.379 e. The minimum absolute atomic E-state index is 0.397. The zero-order chi connectivity index (χ0) is 10.8. The third-order valence-electron chi connectivity index (χ3n) is 2.85. The van der Waals surface area contributed by atoms with Crippen LogP contribution in [0.25, 0.3) is 0 Å². The van der Waals surface area contributed by atoms with Gasteiger partial charge >= 0.3 is 0 Å². The molecule has 2 heteroatoms. The fourth-order valence-electron chi connectivity index (χ4n) is 1.99. The molecule has 0 aromatic rings. The van der Waals surface area contributed by atoms with Crippen molar-refractivity contribution in [3.8, 4) is 0 Å². The summed E-state index contributed by atoms with van der Waals surface area (Å²) < 4.78 is 1.29. The van der Waals surface area contributed by atoms with Crippen molar-refractivity contribution in [1.82, 2.24) is 5.32 Å². The molecule has 1 nitrogen and oxygen atoms in total. The third kappa shape index (κ3) is 2.43. The Morgan fingerprint density at radius 1 is 1.40 bits per heavy atom. The van der Waals surface area contributed by atoms with Gasteiger partial charge in [-0.2, -0.15) is 0 Å². The highest BCUT2D eigenvalue weighted by Crippen LogP contribution is 2.31. The van der Waals surface area contributed by atoms with Crippen LogP contribution < -0.4 is 5.32 Å². The summed E-state index contributed by atoms with van der Waals surface area (Å²) >= 11 is 3.58. The summed E-state index contributed by atoms with van der Waals surface area (Å²) in [5.74, 6) is 0. The highest BCUT2D eigenvalue weighted by Gasteiger charge is 2.15. The van der Waals surface area contributed by atoms with Crippen LogP contribution in [0.4, 0.5) is 0 Å². The predicted molar refractivity (Wildman–Crippen MR) is 68.8 cm³/mol. The zero-order valence-corrected chi connectivity index (χ0v) is 10.8. The van der Waals surface area contributed by atoms with E-state index in [1.54, 1.807) is 0 Å². The fourth-order valence-corrected chi connectivity index (χ4v) is 2.42. The Kier molecular flexibility index (Phi) is 3.15. The van der Waals surface area contributed by atoms with E-state index >= 15 is 0 Å². The van der Waals surface area contributed by atoms with E-state index in [-0.39, 0.29) is 0 Å². The number of allylic oxidation sites excluding steroid dienone is 6. The van der Waals surface area contributed by atoms with Crippen molar-refractivity contribution >= 4 is 15.9 Å². The summed E-state index contributed by atoms with van der Waals surface area (Å²) in [5, 5.41) is 3.53. The molecule has 1 aliphatic carbocycles. The van der Waals surface area contributed by atoms with Crippen molar-refractivity contribution < 1.29 is 0 Å². The average Bonchev–Trinajstić information content (AvgIpc) is 2.15. The molecule has 0 spiro atoms. The first-order valence-corrected chi connectivity index (χ1v) is 6.17. The van der Waals surface area contributed by atoms with Gasteiger partial charge in [-0.05, 0) is 48.4 Å². The van der Waals surface area contributed by atoms with Crippen LogP contribution in [0.3, 0.4) is 0 Å². The van der Waals surface area contributed by atoms with E-state index in [2.05, 4.69) is 59.4 Å². The van der Waals surface area contributed by atoms with Crippen LogP contribution in [-0.2, 0) is 0 Å². The second kappa shape index (κ2) is 4.40. The standard InChI is InChI=1S/C13H16BrN/c1-9-4-3-5-10(2)15-13-8-11(14)6-7-12(9)13/h3-5,8,10,15H,6-7H2,1-2H3/b5-3-,9-4+/t10-/m1/s1. The van der Waals surface area contributed by atoms with Gasteiger partial charge in [-0.25, -0.2) is 0 Å². The SMILES string of the molecule is C/C1=C\C=C/[C@@H](C)NC2=C1CCC(Br)=C2. The van der Waals surface area contributed by atoms with Crippen molar-refractivity contribution in [1.29, 1.82) is 0 Å². The maximum Gasteiger partial charge on any atom is 0.0419 e. The lowest BCUT2D eigenvalue weighted by atomic mass is 9.94. The minimum atomic E-state index is 0.397. The van der Waals surface area contributed by atoms with Crippen molar-refractivity contribution in [2.24, 2.45) is 0 Å². The Morgan fingerprint density at radius 3 is 3.00 bits per heavy atom. The summed E-state index contributed by atoms with van der Waals surface area (Å²) in [5.41, 5.74) is 4.10. The molecule has 1 heterocycles. The fraction of sp³-hybridized carbons (Fsp3) is 0.385. The van der Waals surface area contributed by atoms with Crippen molar-refractivity contribution in [3.05, 3.63) is 45.6 Å². The van der Waals surface area contributed by atoms with Gasteiger partial charge < -0.3 is 5.32 Å². The second-order valence-electron chi connectivity index (χ2n) is 4.15. The molecule has 2 rings (SSSR count).